The highest BCUT2D eigenvalue weighted by Crippen LogP contribution is 2.41. The molecule has 0 aromatic heterocycles. The average Bonchev–Trinajstić information content (AvgIpc) is 2.92. The molecular formula is C15H32IN3O2. The van der Waals surface area contributed by atoms with E-state index in [4.69, 9.17) is 15.2 Å². The second-order valence-corrected chi connectivity index (χ2v) is 5.63. The number of halogens is 1. The molecule has 1 rings (SSSR count). The first kappa shape index (κ1) is 20.9. The van der Waals surface area contributed by atoms with E-state index in [2.05, 4.69) is 10.3 Å². The molecule has 0 atom stereocenters. The van der Waals surface area contributed by atoms with Crippen LogP contribution in [0, 0.1) is 5.41 Å². The molecule has 21 heavy (non-hydrogen) atoms. The Kier molecular flexibility index (Phi) is 12.4. The maximum atomic E-state index is 5.92. The Morgan fingerprint density at radius 1 is 1.29 bits per heavy atom. The first-order chi connectivity index (χ1) is 9.72. The number of hydrogen-bond donors (Lipinski definition) is 2. The quantitative estimate of drug-likeness (QED) is 0.250. The van der Waals surface area contributed by atoms with E-state index in [1.54, 1.807) is 7.11 Å². The number of methoxy groups -OCH3 is 1. The summed E-state index contributed by atoms with van der Waals surface area (Å²) >= 11 is 0. The van der Waals surface area contributed by atoms with Gasteiger partial charge in [-0.15, -0.1) is 24.0 Å². The van der Waals surface area contributed by atoms with Gasteiger partial charge in [-0.1, -0.05) is 12.8 Å². The molecule has 0 aromatic carbocycles. The lowest BCUT2D eigenvalue weighted by Gasteiger charge is -2.26. The van der Waals surface area contributed by atoms with E-state index in [9.17, 15) is 0 Å². The van der Waals surface area contributed by atoms with Gasteiger partial charge in [0.25, 0.3) is 0 Å². The first-order valence-electron chi connectivity index (χ1n) is 7.83. The Labute approximate surface area is 146 Å². The van der Waals surface area contributed by atoms with E-state index in [1.807, 2.05) is 6.92 Å². The number of aliphatic imine (C=N–C) groups is 1. The highest BCUT2D eigenvalue weighted by molar-refractivity contribution is 14.0. The normalized spacial score (nSPS) is 17.5. The summed E-state index contributed by atoms with van der Waals surface area (Å²) < 4.78 is 10.5. The molecule has 0 spiro atoms. The van der Waals surface area contributed by atoms with Crippen LogP contribution in [0.4, 0.5) is 0 Å². The summed E-state index contributed by atoms with van der Waals surface area (Å²) in [5.41, 5.74) is 6.23. The van der Waals surface area contributed by atoms with Crippen molar-refractivity contribution >= 4 is 29.9 Å². The lowest BCUT2D eigenvalue weighted by Crippen LogP contribution is -2.34. The minimum Gasteiger partial charge on any atom is -0.385 e. The molecule has 1 fully saturated rings. The average molecular weight is 413 g/mol. The number of rotatable bonds is 10. The third-order valence-electron chi connectivity index (χ3n) is 4.06. The van der Waals surface area contributed by atoms with Crippen molar-refractivity contribution in [2.24, 2.45) is 16.1 Å². The Hall–Kier alpha value is -0.0800. The molecule has 1 aliphatic carbocycles. The number of nitrogens with two attached hydrogens (primary N) is 1. The van der Waals surface area contributed by atoms with Gasteiger partial charge in [0.1, 0.15) is 0 Å². The van der Waals surface area contributed by atoms with Crippen molar-refractivity contribution in [3.8, 4) is 0 Å². The van der Waals surface area contributed by atoms with E-state index in [0.29, 0.717) is 11.4 Å². The number of hydrogen-bond acceptors (Lipinski definition) is 3. The summed E-state index contributed by atoms with van der Waals surface area (Å²) in [6, 6.07) is 0. The van der Waals surface area contributed by atoms with Gasteiger partial charge in [-0.05, 0) is 38.0 Å². The summed E-state index contributed by atoms with van der Waals surface area (Å²) in [7, 11) is 1.76. The molecule has 0 saturated heterocycles. The Bertz CT molecular complexity index is 282. The van der Waals surface area contributed by atoms with Crippen molar-refractivity contribution in [2.75, 3.05) is 40.0 Å². The van der Waals surface area contributed by atoms with Gasteiger partial charge >= 0.3 is 0 Å². The molecule has 6 heteroatoms. The Balaban J connectivity index is 0.00000400. The molecule has 0 bridgehead atoms. The minimum absolute atomic E-state index is 0. The fourth-order valence-corrected chi connectivity index (χ4v) is 2.77. The van der Waals surface area contributed by atoms with E-state index >= 15 is 0 Å². The monoisotopic (exact) mass is 413 g/mol. The highest BCUT2D eigenvalue weighted by atomic mass is 127. The maximum Gasteiger partial charge on any atom is 0.188 e. The van der Waals surface area contributed by atoms with E-state index in [0.717, 1.165) is 45.8 Å². The van der Waals surface area contributed by atoms with Crippen molar-refractivity contribution in [1.29, 1.82) is 0 Å². The van der Waals surface area contributed by atoms with E-state index in [-0.39, 0.29) is 24.0 Å². The topological polar surface area (TPSA) is 68.9 Å². The van der Waals surface area contributed by atoms with Crippen LogP contribution in [0.15, 0.2) is 4.99 Å². The van der Waals surface area contributed by atoms with Crippen LogP contribution in [0.1, 0.15) is 45.4 Å². The lowest BCUT2D eigenvalue weighted by atomic mass is 9.83. The molecule has 1 aliphatic rings. The fraction of sp³-hybridized carbons (Fsp3) is 0.933. The van der Waals surface area contributed by atoms with Crippen molar-refractivity contribution < 1.29 is 9.47 Å². The predicted molar refractivity (Wildman–Crippen MR) is 98.4 cm³/mol. The molecule has 126 valence electrons. The molecule has 0 radical (unpaired) electrons. The van der Waals surface area contributed by atoms with Gasteiger partial charge < -0.3 is 20.5 Å². The van der Waals surface area contributed by atoms with Crippen LogP contribution in [-0.4, -0.2) is 46.0 Å². The second-order valence-electron chi connectivity index (χ2n) is 5.63. The van der Waals surface area contributed by atoms with Crippen LogP contribution in [0.3, 0.4) is 0 Å². The third-order valence-corrected chi connectivity index (χ3v) is 4.06. The molecule has 0 heterocycles. The summed E-state index contributed by atoms with van der Waals surface area (Å²) in [6.07, 6.45) is 7.15. The summed E-state index contributed by atoms with van der Waals surface area (Å²) in [6.45, 7) is 6.00. The Morgan fingerprint density at radius 2 is 2.00 bits per heavy atom. The van der Waals surface area contributed by atoms with E-state index < -0.39 is 0 Å². The number of nitrogens with one attached hydrogen (secondary N) is 1. The highest BCUT2D eigenvalue weighted by Gasteiger charge is 2.33. The van der Waals surface area contributed by atoms with Crippen LogP contribution in [-0.2, 0) is 9.47 Å². The zero-order chi connectivity index (χ0) is 14.7. The van der Waals surface area contributed by atoms with Crippen LogP contribution < -0.4 is 11.1 Å². The molecule has 0 amide bonds. The van der Waals surface area contributed by atoms with Crippen molar-refractivity contribution in [2.45, 2.75) is 45.4 Å². The summed E-state index contributed by atoms with van der Waals surface area (Å²) in [4.78, 5) is 4.54. The van der Waals surface area contributed by atoms with Crippen LogP contribution >= 0.6 is 24.0 Å². The van der Waals surface area contributed by atoms with Gasteiger partial charge in [-0.3, -0.25) is 4.99 Å². The van der Waals surface area contributed by atoms with Crippen molar-refractivity contribution in [3.63, 3.8) is 0 Å². The maximum absolute atomic E-state index is 5.92. The van der Waals surface area contributed by atoms with Gasteiger partial charge in [-0.25, -0.2) is 0 Å². The number of guanidine groups is 1. The lowest BCUT2D eigenvalue weighted by molar-refractivity contribution is 0.141. The van der Waals surface area contributed by atoms with Gasteiger partial charge in [0, 0.05) is 40.0 Å². The van der Waals surface area contributed by atoms with Crippen LogP contribution in [0.5, 0.6) is 0 Å². The summed E-state index contributed by atoms with van der Waals surface area (Å²) in [5, 5.41) is 3.16. The zero-order valence-electron chi connectivity index (χ0n) is 13.5. The van der Waals surface area contributed by atoms with Gasteiger partial charge in [0.05, 0.1) is 0 Å². The van der Waals surface area contributed by atoms with Gasteiger partial charge in [0.15, 0.2) is 5.96 Å². The predicted octanol–water partition coefficient (Wildman–Crippen LogP) is 2.53. The number of ether oxygens (including phenoxy) is 2. The molecule has 0 unspecified atom stereocenters. The molecule has 0 aromatic rings. The fourth-order valence-electron chi connectivity index (χ4n) is 2.77. The third kappa shape index (κ3) is 8.83. The largest absolute Gasteiger partial charge is 0.385 e. The zero-order valence-corrected chi connectivity index (χ0v) is 15.9. The molecule has 1 saturated carbocycles. The summed E-state index contributed by atoms with van der Waals surface area (Å²) in [5.74, 6) is 0.560. The SMILES string of the molecule is CCOCCCNC(N)=NCC1(CCOC)CCCC1.I. The van der Waals surface area contributed by atoms with Crippen molar-refractivity contribution in [1.82, 2.24) is 5.32 Å². The Morgan fingerprint density at radius 3 is 2.62 bits per heavy atom. The van der Waals surface area contributed by atoms with Crippen LogP contribution in [0.2, 0.25) is 0 Å². The van der Waals surface area contributed by atoms with Gasteiger partial charge in [0.2, 0.25) is 0 Å². The van der Waals surface area contributed by atoms with Gasteiger partial charge in [-0.2, -0.15) is 0 Å². The minimum atomic E-state index is 0. The second kappa shape index (κ2) is 12.5. The molecule has 5 nitrogen and oxygen atoms in total. The van der Waals surface area contributed by atoms with E-state index in [1.165, 1.54) is 25.7 Å². The first-order valence-corrected chi connectivity index (χ1v) is 7.83. The standard InChI is InChI=1S/C15H31N3O2.HI/c1-3-20-11-6-10-17-14(16)18-13-15(9-12-19-2)7-4-5-8-15;/h3-13H2,1-2H3,(H3,16,17,18);1H. The van der Waals surface area contributed by atoms with Crippen LogP contribution in [0.25, 0.3) is 0 Å². The van der Waals surface area contributed by atoms with Crippen molar-refractivity contribution in [3.05, 3.63) is 0 Å². The molecule has 3 N–H and O–H groups in total. The molecular weight excluding hydrogens is 381 g/mol. The number of nitrogens with zero attached hydrogens (tertiary/aromatic N) is 1. The smallest absolute Gasteiger partial charge is 0.188 e. The molecule has 0 aliphatic heterocycles.